The van der Waals surface area contributed by atoms with Crippen LogP contribution in [0.15, 0.2) is 36.4 Å². The molecule has 0 saturated heterocycles. The molecule has 0 bridgehead atoms. The number of nitrogens with zero attached hydrogens (tertiary/aromatic N) is 1. The maximum Gasteiger partial charge on any atom is 0.311 e. The number of nitro benzene ring substituents is 1. The van der Waals surface area contributed by atoms with Crippen LogP contribution in [-0.2, 0) is 20.7 Å². The molecule has 0 heterocycles. The van der Waals surface area contributed by atoms with Gasteiger partial charge in [0.05, 0.1) is 37.3 Å². The largest absolute Gasteiger partial charge is 0.496 e. The highest BCUT2D eigenvalue weighted by Gasteiger charge is 2.21. The van der Waals surface area contributed by atoms with Crippen LogP contribution in [0.4, 0.5) is 11.4 Å². The van der Waals surface area contributed by atoms with Crippen LogP contribution in [0.2, 0.25) is 0 Å². The summed E-state index contributed by atoms with van der Waals surface area (Å²) in [6.07, 6.45) is -1.14. The molecular formula is C20H22N2O7. The molecule has 0 radical (unpaired) electrons. The number of carbonyl (C=O) groups is 2. The van der Waals surface area contributed by atoms with Gasteiger partial charge in [-0.3, -0.25) is 19.7 Å². The average Bonchev–Trinajstić information content (AvgIpc) is 2.68. The number of benzene rings is 2. The molecule has 0 aliphatic rings. The highest BCUT2D eigenvalue weighted by molar-refractivity contribution is 5.96. The van der Waals surface area contributed by atoms with E-state index in [9.17, 15) is 19.7 Å². The number of nitrogens with one attached hydrogen (secondary N) is 1. The third-order valence-electron chi connectivity index (χ3n) is 4.10. The Kier molecular flexibility index (Phi) is 7.13. The van der Waals surface area contributed by atoms with Crippen molar-refractivity contribution in [3.05, 3.63) is 57.6 Å². The monoisotopic (exact) mass is 402 g/mol. The van der Waals surface area contributed by atoms with Crippen LogP contribution in [0.25, 0.3) is 0 Å². The molecule has 9 nitrogen and oxygen atoms in total. The van der Waals surface area contributed by atoms with E-state index in [-0.39, 0.29) is 23.5 Å². The minimum atomic E-state index is -1.08. The molecule has 1 N–H and O–H groups in total. The van der Waals surface area contributed by atoms with Crippen LogP contribution in [0.1, 0.15) is 18.1 Å². The van der Waals surface area contributed by atoms with Crippen molar-refractivity contribution in [2.24, 2.45) is 0 Å². The summed E-state index contributed by atoms with van der Waals surface area (Å²) in [6, 6.07) is 9.21. The Balaban J connectivity index is 2.03. The normalized spacial score (nSPS) is 11.3. The Morgan fingerprint density at radius 2 is 1.79 bits per heavy atom. The fourth-order valence-electron chi connectivity index (χ4n) is 2.62. The maximum absolute atomic E-state index is 12.4. The molecular weight excluding hydrogens is 380 g/mol. The van der Waals surface area contributed by atoms with E-state index in [4.69, 9.17) is 14.2 Å². The lowest BCUT2D eigenvalue weighted by molar-refractivity contribution is -0.384. The molecule has 1 amide bonds. The van der Waals surface area contributed by atoms with Crippen LogP contribution in [0.5, 0.6) is 11.5 Å². The minimum Gasteiger partial charge on any atom is -0.496 e. The quantitative estimate of drug-likeness (QED) is 0.410. The SMILES string of the molecule is COc1ccc(C)cc1CC(=O)O[C@H](C)C(=O)Nc1ccc([N+](=O)[O-])cc1OC. The summed E-state index contributed by atoms with van der Waals surface area (Å²) in [4.78, 5) is 34.9. The smallest absolute Gasteiger partial charge is 0.311 e. The molecule has 0 aromatic heterocycles. The van der Waals surface area contributed by atoms with Gasteiger partial charge in [0.1, 0.15) is 11.5 Å². The van der Waals surface area contributed by atoms with Crippen LogP contribution in [-0.4, -0.2) is 37.1 Å². The molecule has 154 valence electrons. The highest BCUT2D eigenvalue weighted by atomic mass is 16.6. The van der Waals surface area contributed by atoms with Crippen molar-refractivity contribution in [1.82, 2.24) is 0 Å². The van der Waals surface area contributed by atoms with Crippen molar-refractivity contribution < 1.29 is 28.7 Å². The molecule has 0 unspecified atom stereocenters. The van der Waals surface area contributed by atoms with Crippen LogP contribution >= 0.6 is 0 Å². The zero-order chi connectivity index (χ0) is 21.6. The summed E-state index contributed by atoms with van der Waals surface area (Å²) >= 11 is 0. The Morgan fingerprint density at radius 3 is 2.41 bits per heavy atom. The molecule has 0 saturated carbocycles. The summed E-state index contributed by atoms with van der Waals surface area (Å²) in [7, 11) is 2.83. The van der Waals surface area contributed by atoms with Gasteiger partial charge in [-0.2, -0.15) is 0 Å². The van der Waals surface area contributed by atoms with E-state index in [2.05, 4.69) is 5.32 Å². The van der Waals surface area contributed by atoms with E-state index < -0.39 is 22.9 Å². The molecule has 9 heteroatoms. The molecule has 0 aliphatic carbocycles. The number of ether oxygens (including phenoxy) is 3. The second-order valence-electron chi connectivity index (χ2n) is 6.26. The average molecular weight is 402 g/mol. The summed E-state index contributed by atoms with van der Waals surface area (Å²) in [5.41, 5.74) is 1.67. The van der Waals surface area contributed by atoms with Gasteiger partial charge in [0.15, 0.2) is 6.10 Å². The molecule has 0 spiro atoms. The van der Waals surface area contributed by atoms with Gasteiger partial charge in [-0.15, -0.1) is 0 Å². The number of non-ortho nitro benzene ring substituents is 1. The fourth-order valence-corrected chi connectivity index (χ4v) is 2.62. The van der Waals surface area contributed by atoms with Gasteiger partial charge in [0, 0.05) is 11.6 Å². The molecule has 1 atom stereocenters. The van der Waals surface area contributed by atoms with Gasteiger partial charge >= 0.3 is 5.97 Å². The zero-order valence-corrected chi connectivity index (χ0v) is 16.6. The molecule has 0 aliphatic heterocycles. The number of carbonyl (C=O) groups excluding carboxylic acids is 2. The molecule has 2 aromatic carbocycles. The number of amides is 1. The maximum atomic E-state index is 12.4. The van der Waals surface area contributed by atoms with Crippen molar-refractivity contribution in [1.29, 1.82) is 0 Å². The number of rotatable bonds is 8. The van der Waals surface area contributed by atoms with E-state index >= 15 is 0 Å². The Bertz CT molecular complexity index is 927. The lowest BCUT2D eigenvalue weighted by Gasteiger charge is -2.16. The number of aryl methyl sites for hydroxylation is 1. The number of anilines is 1. The second-order valence-corrected chi connectivity index (χ2v) is 6.26. The lowest BCUT2D eigenvalue weighted by Crippen LogP contribution is -2.30. The molecule has 0 fully saturated rings. The highest BCUT2D eigenvalue weighted by Crippen LogP contribution is 2.29. The van der Waals surface area contributed by atoms with E-state index in [1.54, 1.807) is 6.07 Å². The van der Waals surface area contributed by atoms with Crippen molar-refractivity contribution in [3.8, 4) is 11.5 Å². The van der Waals surface area contributed by atoms with E-state index in [0.29, 0.717) is 11.3 Å². The Morgan fingerprint density at radius 1 is 1.10 bits per heavy atom. The van der Waals surface area contributed by atoms with Crippen molar-refractivity contribution >= 4 is 23.3 Å². The number of nitro groups is 1. The molecule has 29 heavy (non-hydrogen) atoms. The second kappa shape index (κ2) is 9.54. The first-order chi connectivity index (χ1) is 13.7. The van der Waals surface area contributed by atoms with Gasteiger partial charge in [0.2, 0.25) is 0 Å². The molecule has 2 rings (SSSR count). The summed E-state index contributed by atoms with van der Waals surface area (Å²) in [5, 5.41) is 13.4. The zero-order valence-electron chi connectivity index (χ0n) is 16.6. The van der Waals surface area contributed by atoms with Crippen molar-refractivity contribution in [2.75, 3.05) is 19.5 Å². The number of hydrogen-bond acceptors (Lipinski definition) is 7. The predicted molar refractivity (Wildman–Crippen MR) is 105 cm³/mol. The standard InChI is InChI=1S/C20H22N2O7/c1-12-5-8-17(27-3)14(9-12)10-19(23)29-13(2)20(24)21-16-7-6-15(22(25)26)11-18(16)28-4/h5-9,11,13H,10H2,1-4H3,(H,21,24)/t13-/m1/s1. The number of hydrogen-bond donors (Lipinski definition) is 1. The molecule has 2 aromatic rings. The number of methoxy groups -OCH3 is 2. The fraction of sp³-hybridized carbons (Fsp3) is 0.300. The first kappa shape index (κ1) is 21.7. The first-order valence-corrected chi connectivity index (χ1v) is 8.71. The van der Waals surface area contributed by atoms with Gasteiger partial charge in [-0.1, -0.05) is 17.7 Å². The summed E-state index contributed by atoms with van der Waals surface area (Å²) < 4.78 is 15.5. The predicted octanol–water partition coefficient (Wildman–Crippen LogP) is 3.03. The van der Waals surface area contributed by atoms with Crippen molar-refractivity contribution in [3.63, 3.8) is 0 Å². The van der Waals surface area contributed by atoms with E-state index in [1.807, 2.05) is 19.1 Å². The third kappa shape index (κ3) is 5.68. The Hall–Kier alpha value is -3.62. The first-order valence-electron chi connectivity index (χ1n) is 8.71. The summed E-state index contributed by atoms with van der Waals surface area (Å²) in [5.74, 6) is -0.509. The van der Waals surface area contributed by atoms with Gasteiger partial charge in [0.25, 0.3) is 11.6 Å². The third-order valence-corrected chi connectivity index (χ3v) is 4.10. The lowest BCUT2D eigenvalue weighted by atomic mass is 10.1. The number of esters is 1. The van der Waals surface area contributed by atoms with Crippen LogP contribution in [0.3, 0.4) is 0 Å². The van der Waals surface area contributed by atoms with E-state index in [1.165, 1.54) is 39.3 Å². The van der Waals surface area contributed by atoms with Gasteiger partial charge in [-0.25, -0.2) is 0 Å². The van der Waals surface area contributed by atoms with E-state index in [0.717, 1.165) is 5.56 Å². The van der Waals surface area contributed by atoms with Crippen LogP contribution < -0.4 is 14.8 Å². The van der Waals surface area contributed by atoms with Gasteiger partial charge in [-0.05, 0) is 26.0 Å². The van der Waals surface area contributed by atoms with Gasteiger partial charge < -0.3 is 19.5 Å². The topological polar surface area (TPSA) is 117 Å². The van der Waals surface area contributed by atoms with Crippen LogP contribution in [0, 0.1) is 17.0 Å². The Labute approximate surface area is 167 Å². The van der Waals surface area contributed by atoms with Crippen molar-refractivity contribution in [2.45, 2.75) is 26.4 Å². The minimum absolute atomic E-state index is 0.0523. The summed E-state index contributed by atoms with van der Waals surface area (Å²) in [6.45, 7) is 3.32.